The Hall–Kier alpha value is -1.73. The van der Waals surface area contributed by atoms with Crippen LogP contribution in [0.2, 0.25) is 0 Å². The molecular weight excluding hydrogens is 336 g/mol. The molecule has 4 heterocycles. The van der Waals surface area contributed by atoms with Gasteiger partial charge in [0.2, 0.25) is 5.91 Å². The molecule has 0 bridgehead atoms. The van der Waals surface area contributed by atoms with Gasteiger partial charge in [-0.3, -0.25) is 4.79 Å². The number of aromatic nitrogens is 2. The van der Waals surface area contributed by atoms with Crippen LogP contribution in [0.15, 0.2) is 12.4 Å². The van der Waals surface area contributed by atoms with E-state index in [4.69, 9.17) is 4.74 Å². The van der Waals surface area contributed by atoms with Crippen molar-refractivity contribution in [2.24, 2.45) is 5.41 Å². The van der Waals surface area contributed by atoms with Crippen LogP contribution < -0.4 is 4.90 Å². The molecule has 25 heavy (non-hydrogen) atoms. The van der Waals surface area contributed by atoms with Gasteiger partial charge in [0.05, 0.1) is 17.4 Å². The monoisotopic (exact) mass is 360 g/mol. The number of amides is 1. The number of methoxy groups -OCH3 is 1. The SMILES string of the molecule is COCCN1CCC[C@]2(CCN(c3ncnc4sc(C)cc34)C2)C1=O. The number of hydrogen-bond donors (Lipinski definition) is 0. The van der Waals surface area contributed by atoms with Crippen molar-refractivity contribution >= 4 is 33.3 Å². The number of thiophene rings is 1. The first kappa shape index (κ1) is 16.7. The second-order valence-electron chi connectivity index (χ2n) is 7.11. The van der Waals surface area contributed by atoms with Crippen LogP contribution in [0.3, 0.4) is 0 Å². The molecule has 1 spiro atoms. The molecule has 2 aromatic rings. The highest BCUT2D eigenvalue weighted by atomic mass is 32.1. The van der Waals surface area contributed by atoms with Gasteiger partial charge in [0.1, 0.15) is 17.0 Å². The standard InChI is InChI=1S/C18H24N4O2S/c1-13-10-14-15(19-12-20-16(14)25-13)22-7-5-18(11-22)4-3-6-21(17(18)23)8-9-24-2/h10,12H,3-9,11H2,1-2H3/t18-/m1/s1. The molecule has 2 fully saturated rings. The number of aryl methyl sites for hydroxylation is 1. The summed E-state index contributed by atoms with van der Waals surface area (Å²) in [5.41, 5.74) is -0.256. The summed E-state index contributed by atoms with van der Waals surface area (Å²) in [4.78, 5) is 28.6. The van der Waals surface area contributed by atoms with Crippen molar-refractivity contribution in [1.82, 2.24) is 14.9 Å². The van der Waals surface area contributed by atoms with Crippen molar-refractivity contribution in [3.8, 4) is 0 Å². The Morgan fingerprint density at radius 2 is 2.20 bits per heavy atom. The first-order valence-electron chi connectivity index (χ1n) is 8.87. The first-order chi connectivity index (χ1) is 12.1. The number of hydrogen-bond acceptors (Lipinski definition) is 6. The number of rotatable bonds is 4. The van der Waals surface area contributed by atoms with Gasteiger partial charge in [0.25, 0.3) is 0 Å². The average Bonchev–Trinajstić information content (AvgIpc) is 3.19. The summed E-state index contributed by atoms with van der Waals surface area (Å²) < 4.78 is 5.16. The number of nitrogens with zero attached hydrogens (tertiary/aromatic N) is 4. The van der Waals surface area contributed by atoms with Gasteiger partial charge in [0, 0.05) is 38.2 Å². The topological polar surface area (TPSA) is 58.6 Å². The maximum absolute atomic E-state index is 13.1. The van der Waals surface area contributed by atoms with Crippen molar-refractivity contribution in [3.63, 3.8) is 0 Å². The van der Waals surface area contributed by atoms with Gasteiger partial charge in [-0.15, -0.1) is 11.3 Å². The Labute approximate surface area is 151 Å². The zero-order valence-corrected chi connectivity index (χ0v) is 15.6. The van der Waals surface area contributed by atoms with Crippen LogP contribution in [0, 0.1) is 12.3 Å². The summed E-state index contributed by atoms with van der Waals surface area (Å²) in [6.07, 6.45) is 4.60. The molecular formula is C18H24N4O2S. The molecule has 1 amide bonds. The molecule has 2 saturated heterocycles. The van der Waals surface area contributed by atoms with Crippen LogP contribution in [0.4, 0.5) is 5.82 Å². The third-order valence-corrected chi connectivity index (χ3v) is 6.43. The molecule has 0 aromatic carbocycles. The maximum atomic E-state index is 13.1. The van der Waals surface area contributed by atoms with Crippen molar-refractivity contribution in [3.05, 3.63) is 17.3 Å². The molecule has 0 saturated carbocycles. The number of carbonyl (C=O) groups excluding carboxylic acids is 1. The summed E-state index contributed by atoms with van der Waals surface area (Å²) in [5, 5.41) is 1.11. The summed E-state index contributed by atoms with van der Waals surface area (Å²) in [7, 11) is 1.69. The molecule has 0 N–H and O–H groups in total. The van der Waals surface area contributed by atoms with Crippen LogP contribution in [0.1, 0.15) is 24.1 Å². The number of anilines is 1. The van der Waals surface area contributed by atoms with E-state index < -0.39 is 0 Å². The van der Waals surface area contributed by atoms with Crippen molar-refractivity contribution in [1.29, 1.82) is 0 Å². The van der Waals surface area contributed by atoms with E-state index in [2.05, 4.69) is 27.9 Å². The fraction of sp³-hybridized carbons (Fsp3) is 0.611. The second-order valence-corrected chi connectivity index (χ2v) is 8.35. The highest BCUT2D eigenvalue weighted by Crippen LogP contribution is 2.42. The molecule has 6 nitrogen and oxygen atoms in total. The molecule has 7 heteroatoms. The molecule has 4 rings (SSSR count). The summed E-state index contributed by atoms with van der Waals surface area (Å²) in [6.45, 7) is 5.89. The van der Waals surface area contributed by atoms with E-state index in [1.54, 1.807) is 24.8 Å². The van der Waals surface area contributed by atoms with E-state index in [0.717, 1.165) is 54.9 Å². The average molecular weight is 360 g/mol. The Morgan fingerprint density at radius 1 is 1.32 bits per heavy atom. The van der Waals surface area contributed by atoms with Gasteiger partial charge in [-0.05, 0) is 32.3 Å². The number of fused-ring (bicyclic) bond motifs is 1. The molecule has 2 aromatic heterocycles. The molecule has 0 radical (unpaired) electrons. The van der Waals surface area contributed by atoms with Crippen molar-refractivity contribution in [2.45, 2.75) is 26.2 Å². The maximum Gasteiger partial charge on any atom is 0.230 e. The zero-order valence-electron chi connectivity index (χ0n) is 14.8. The van der Waals surface area contributed by atoms with Gasteiger partial charge >= 0.3 is 0 Å². The molecule has 1 atom stereocenters. The van der Waals surface area contributed by atoms with Crippen LogP contribution >= 0.6 is 11.3 Å². The van der Waals surface area contributed by atoms with Gasteiger partial charge in [-0.25, -0.2) is 9.97 Å². The summed E-state index contributed by atoms with van der Waals surface area (Å²) >= 11 is 1.70. The van der Waals surface area contributed by atoms with E-state index in [1.807, 2.05) is 4.90 Å². The van der Waals surface area contributed by atoms with Gasteiger partial charge in [-0.2, -0.15) is 0 Å². The Bertz CT molecular complexity index is 792. The minimum Gasteiger partial charge on any atom is -0.383 e. The van der Waals surface area contributed by atoms with Crippen molar-refractivity contribution < 1.29 is 9.53 Å². The molecule has 0 aliphatic carbocycles. The van der Waals surface area contributed by atoms with E-state index in [-0.39, 0.29) is 5.41 Å². The second kappa shape index (κ2) is 6.53. The third-order valence-electron chi connectivity index (χ3n) is 5.47. The number of carbonyl (C=O) groups is 1. The smallest absolute Gasteiger partial charge is 0.230 e. The lowest BCUT2D eigenvalue weighted by molar-refractivity contribution is -0.145. The number of likely N-dealkylation sites (tertiary alicyclic amines) is 1. The van der Waals surface area contributed by atoms with Gasteiger partial charge in [0.15, 0.2) is 0 Å². The zero-order chi connectivity index (χ0) is 17.4. The van der Waals surface area contributed by atoms with Gasteiger partial charge < -0.3 is 14.5 Å². The van der Waals surface area contributed by atoms with Crippen LogP contribution in [0.25, 0.3) is 10.2 Å². The fourth-order valence-electron chi connectivity index (χ4n) is 4.21. The van der Waals surface area contributed by atoms with E-state index in [9.17, 15) is 4.79 Å². The normalized spacial score (nSPS) is 24.0. The Kier molecular flexibility index (Phi) is 4.37. The molecule has 2 aliphatic rings. The predicted octanol–water partition coefficient (Wildman–Crippen LogP) is 2.47. The molecule has 0 unspecified atom stereocenters. The third kappa shape index (κ3) is 2.89. The highest BCUT2D eigenvalue weighted by Gasteiger charge is 2.48. The fourth-order valence-corrected chi connectivity index (χ4v) is 5.06. The van der Waals surface area contributed by atoms with Crippen molar-refractivity contribution in [2.75, 3.05) is 44.8 Å². The Balaban J connectivity index is 1.58. The molecule has 134 valence electrons. The lowest BCUT2D eigenvalue weighted by atomic mass is 9.78. The van der Waals surface area contributed by atoms with Crippen LogP contribution in [-0.4, -0.2) is 60.7 Å². The Morgan fingerprint density at radius 3 is 3.04 bits per heavy atom. The van der Waals surface area contributed by atoms with Crippen LogP contribution in [-0.2, 0) is 9.53 Å². The summed E-state index contributed by atoms with van der Waals surface area (Å²) in [6, 6.07) is 2.16. The lowest BCUT2D eigenvalue weighted by Crippen LogP contribution is -2.51. The minimum absolute atomic E-state index is 0.256. The van der Waals surface area contributed by atoms with E-state index in [0.29, 0.717) is 19.1 Å². The first-order valence-corrected chi connectivity index (χ1v) is 9.69. The predicted molar refractivity (Wildman–Crippen MR) is 99.1 cm³/mol. The largest absolute Gasteiger partial charge is 0.383 e. The quantitative estimate of drug-likeness (QED) is 0.838. The van der Waals surface area contributed by atoms with E-state index >= 15 is 0 Å². The van der Waals surface area contributed by atoms with Gasteiger partial charge in [-0.1, -0.05) is 0 Å². The number of piperidine rings is 1. The highest BCUT2D eigenvalue weighted by molar-refractivity contribution is 7.18. The lowest BCUT2D eigenvalue weighted by Gasteiger charge is -2.39. The molecule has 2 aliphatic heterocycles. The van der Waals surface area contributed by atoms with E-state index in [1.165, 1.54) is 4.88 Å². The summed E-state index contributed by atoms with van der Waals surface area (Å²) in [5.74, 6) is 1.28. The van der Waals surface area contributed by atoms with Crippen LogP contribution in [0.5, 0.6) is 0 Å². The number of ether oxygens (including phenoxy) is 1. The minimum atomic E-state index is -0.256.